The Labute approximate surface area is 115 Å². The summed E-state index contributed by atoms with van der Waals surface area (Å²) in [4.78, 5) is 13.9. The molecular weight excluding hydrogens is 240 g/mol. The molecule has 1 aromatic carbocycles. The van der Waals surface area contributed by atoms with Crippen LogP contribution in [0.15, 0.2) is 24.3 Å². The fourth-order valence-electron chi connectivity index (χ4n) is 1.93. The number of nitrogens with one attached hydrogen (secondary N) is 1. The zero-order valence-electron chi connectivity index (χ0n) is 12.0. The highest BCUT2D eigenvalue weighted by molar-refractivity contribution is 5.93. The summed E-state index contributed by atoms with van der Waals surface area (Å²) in [5.41, 5.74) is 0.754. The lowest BCUT2D eigenvalue weighted by molar-refractivity contribution is -0.118. The summed E-state index contributed by atoms with van der Waals surface area (Å²) in [5.74, 6) is 0.281. The topological polar surface area (TPSA) is 52.6 Å². The number of hydrogen-bond acceptors (Lipinski definition) is 3. The van der Waals surface area contributed by atoms with Crippen molar-refractivity contribution in [1.82, 2.24) is 5.32 Å². The van der Waals surface area contributed by atoms with E-state index in [2.05, 4.69) is 19.2 Å². The smallest absolute Gasteiger partial charge is 0.227 e. The molecule has 0 spiro atoms. The number of carbonyl (C=O) groups is 1. The van der Waals surface area contributed by atoms with Crippen LogP contribution in [0.3, 0.4) is 0 Å². The molecule has 1 rings (SSSR count). The Morgan fingerprint density at radius 1 is 1.42 bits per heavy atom. The van der Waals surface area contributed by atoms with Crippen molar-refractivity contribution in [1.29, 1.82) is 0 Å². The van der Waals surface area contributed by atoms with E-state index in [9.17, 15) is 9.90 Å². The molecule has 0 aliphatic rings. The standard InChI is InChI=1S/C15H24N2O2/c1-4-17(13-7-5-8-14(18)11-13)15(19)9-6-10-16-12(2)3/h5,7-8,11-12,16,18H,4,6,9-10H2,1-3H3. The predicted octanol–water partition coefficient (Wildman–Crippen LogP) is 2.52. The van der Waals surface area contributed by atoms with Crippen molar-refractivity contribution >= 4 is 11.6 Å². The molecule has 0 bridgehead atoms. The summed E-state index contributed by atoms with van der Waals surface area (Å²) in [5, 5.41) is 12.8. The fraction of sp³-hybridized carbons (Fsp3) is 0.533. The van der Waals surface area contributed by atoms with Crippen molar-refractivity contribution in [3.05, 3.63) is 24.3 Å². The van der Waals surface area contributed by atoms with E-state index in [1.807, 2.05) is 13.0 Å². The van der Waals surface area contributed by atoms with Gasteiger partial charge in [0, 0.05) is 30.8 Å². The number of rotatable bonds is 7. The van der Waals surface area contributed by atoms with Crippen molar-refractivity contribution in [2.24, 2.45) is 0 Å². The fourth-order valence-corrected chi connectivity index (χ4v) is 1.93. The second kappa shape index (κ2) is 7.79. The van der Waals surface area contributed by atoms with Crippen LogP contribution in [0, 0.1) is 0 Å². The Morgan fingerprint density at radius 2 is 2.16 bits per heavy atom. The van der Waals surface area contributed by atoms with Gasteiger partial charge in [-0.05, 0) is 32.0 Å². The van der Waals surface area contributed by atoms with Gasteiger partial charge in [-0.2, -0.15) is 0 Å². The first-order valence-electron chi connectivity index (χ1n) is 6.87. The van der Waals surface area contributed by atoms with Gasteiger partial charge in [-0.15, -0.1) is 0 Å². The van der Waals surface area contributed by atoms with Gasteiger partial charge in [0.25, 0.3) is 0 Å². The predicted molar refractivity (Wildman–Crippen MR) is 78.5 cm³/mol. The zero-order valence-corrected chi connectivity index (χ0v) is 12.0. The van der Waals surface area contributed by atoms with Crippen LogP contribution in [0.1, 0.15) is 33.6 Å². The highest BCUT2D eigenvalue weighted by Crippen LogP contribution is 2.20. The van der Waals surface area contributed by atoms with Crippen molar-refractivity contribution in [2.45, 2.75) is 39.7 Å². The van der Waals surface area contributed by atoms with Crippen molar-refractivity contribution < 1.29 is 9.90 Å². The monoisotopic (exact) mass is 264 g/mol. The molecule has 0 aromatic heterocycles. The maximum absolute atomic E-state index is 12.1. The lowest BCUT2D eigenvalue weighted by Crippen LogP contribution is -2.31. The summed E-state index contributed by atoms with van der Waals surface area (Å²) in [6, 6.07) is 7.26. The Kier molecular flexibility index (Phi) is 6.36. The normalized spacial score (nSPS) is 10.7. The van der Waals surface area contributed by atoms with Gasteiger partial charge in [0.2, 0.25) is 5.91 Å². The first-order valence-corrected chi connectivity index (χ1v) is 6.87. The average Bonchev–Trinajstić information content (AvgIpc) is 2.35. The molecular formula is C15H24N2O2. The molecule has 0 unspecified atom stereocenters. The largest absolute Gasteiger partial charge is 0.508 e. The van der Waals surface area contributed by atoms with Gasteiger partial charge in [-0.1, -0.05) is 19.9 Å². The van der Waals surface area contributed by atoms with Crippen LogP contribution in [0.2, 0.25) is 0 Å². The quantitative estimate of drug-likeness (QED) is 0.744. The average molecular weight is 264 g/mol. The molecule has 4 heteroatoms. The second-order valence-corrected chi connectivity index (χ2v) is 4.87. The number of phenolic OH excluding ortho intramolecular Hbond substituents is 1. The lowest BCUT2D eigenvalue weighted by Gasteiger charge is -2.21. The number of nitrogens with zero attached hydrogens (tertiary/aromatic N) is 1. The minimum Gasteiger partial charge on any atom is -0.508 e. The molecule has 1 aromatic rings. The number of aromatic hydroxyl groups is 1. The van der Waals surface area contributed by atoms with E-state index < -0.39 is 0 Å². The molecule has 0 heterocycles. The van der Waals surface area contributed by atoms with Crippen LogP contribution < -0.4 is 10.2 Å². The van der Waals surface area contributed by atoms with Crippen LogP contribution in [0.4, 0.5) is 5.69 Å². The molecule has 0 radical (unpaired) electrons. The minimum atomic E-state index is 0.0960. The number of carbonyl (C=O) groups excluding carboxylic acids is 1. The van der Waals surface area contributed by atoms with E-state index in [0.717, 1.165) is 18.7 Å². The first kappa shape index (κ1) is 15.5. The molecule has 106 valence electrons. The molecule has 0 fully saturated rings. The number of amides is 1. The Morgan fingerprint density at radius 3 is 2.74 bits per heavy atom. The molecule has 0 aliphatic heterocycles. The van der Waals surface area contributed by atoms with Crippen molar-refractivity contribution in [3.63, 3.8) is 0 Å². The van der Waals surface area contributed by atoms with E-state index in [-0.39, 0.29) is 11.7 Å². The maximum atomic E-state index is 12.1. The van der Waals surface area contributed by atoms with Gasteiger partial charge in [-0.25, -0.2) is 0 Å². The van der Waals surface area contributed by atoms with Crippen LogP contribution in [0.25, 0.3) is 0 Å². The second-order valence-electron chi connectivity index (χ2n) is 4.87. The number of benzene rings is 1. The maximum Gasteiger partial charge on any atom is 0.227 e. The Balaban J connectivity index is 2.52. The molecule has 2 N–H and O–H groups in total. The van der Waals surface area contributed by atoms with E-state index >= 15 is 0 Å². The molecule has 4 nitrogen and oxygen atoms in total. The van der Waals surface area contributed by atoms with Gasteiger partial charge in [0.05, 0.1) is 0 Å². The van der Waals surface area contributed by atoms with Crippen LogP contribution in [0.5, 0.6) is 5.75 Å². The van der Waals surface area contributed by atoms with Gasteiger partial charge < -0.3 is 15.3 Å². The number of phenols is 1. The number of hydrogen-bond donors (Lipinski definition) is 2. The summed E-state index contributed by atoms with van der Waals surface area (Å²) in [7, 11) is 0. The third-order valence-electron chi connectivity index (χ3n) is 2.88. The summed E-state index contributed by atoms with van der Waals surface area (Å²) >= 11 is 0. The van der Waals surface area contributed by atoms with E-state index in [0.29, 0.717) is 19.0 Å². The third kappa shape index (κ3) is 5.30. The summed E-state index contributed by atoms with van der Waals surface area (Å²) < 4.78 is 0. The van der Waals surface area contributed by atoms with E-state index in [4.69, 9.17) is 0 Å². The van der Waals surface area contributed by atoms with E-state index in [1.54, 1.807) is 23.1 Å². The SMILES string of the molecule is CCN(C(=O)CCCNC(C)C)c1cccc(O)c1. The van der Waals surface area contributed by atoms with Crippen LogP contribution in [-0.4, -0.2) is 30.1 Å². The van der Waals surface area contributed by atoms with Crippen LogP contribution in [-0.2, 0) is 4.79 Å². The molecule has 19 heavy (non-hydrogen) atoms. The van der Waals surface area contributed by atoms with Crippen molar-refractivity contribution in [2.75, 3.05) is 18.0 Å². The molecule has 1 amide bonds. The molecule has 0 saturated carbocycles. The highest BCUT2D eigenvalue weighted by Gasteiger charge is 2.13. The van der Waals surface area contributed by atoms with Crippen LogP contribution >= 0.6 is 0 Å². The summed E-state index contributed by atoms with van der Waals surface area (Å²) in [6.07, 6.45) is 1.34. The van der Waals surface area contributed by atoms with Gasteiger partial charge >= 0.3 is 0 Å². The molecule has 0 saturated heterocycles. The van der Waals surface area contributed by atoms with Crippen molar-refractivity contribution in [3.8, 4) is 5.75 Å². The Hall–Kier alpha value is -1.55. The first-order chi connectivity index (χ1) is 9.04. The minimum absolute atomic E-state index is 0.0960. The van der Waals surface area contributed by atoms with Gasteiger partial charge in [0.1, 0.15) is 5.75 Å². The van der Waals surface area contributed by atoms with E-state index in [1.165, 1.54) is 0 Å². The summed E-state index contributed by atoms with van der Waals surface area (Å²) in [6.45, 7) is 7.58. The van der Waals surface area contributed by atoms with Gasteiger partial charge in [0.15, 0.2) is 0 Å². The molecule has 0 atom stereocenters. The highest BCUT2D eigenvalue weighted by atomic mass is 16.3. The third-order valence-corrected chi connectivity index (χ3v) is 2.88. The lowest BCUT2D eigenvalue weighted by atomic mass is 10.2. The van der Waals surface area contributed by atoms with Gasteiger partial charge in [-0.3, -0.25) is 4.79 Å². The zero-order chi connectivity index (χ0) is 14.3. The molecule has 0 aliphatic carbocycles. The number of anilines is 1. The Bertz CT molecular complexity index is 405.